The van der Waals surface area contributed by atoms with Crippen molar-refractivity contribution in [1.29, 1.82) is 0 Å². The largest absolute Gasteiger partial charge is 0.487 e. The molecular weight excluding hydrogens is 448 g/mol. The van der Waals surface area contributed by atoms with Crippen LogP contribution in [-0.2, 0) is 19.2 Å². The maximum Gasteiger partial charge on any atom is 0.416 e. The number of imidazole rings is 1. The molecule has 0 aliphatic heterocycles. The van der Waals surface area contributed by atoms with Gasteiger partial charge in [0.15, 0.2) is 0 Å². The summed E-state index contributed by atoms with van der Waals surface area (Å²) in [7, 11) is 0. The summed E-state index contributed by atoms with van der Waals surface area (Å²) in [6, 6.07) is 16.5. The maximum atomic E-state index is 13.2. The number of H-pyrrole nitrogens is 1. The average molecular weight is 467 g/mol. The molecule has 3 nitrogen and oxygen atoms in total. The molecule has 0 saturated heterocycles. The first-order chi connectivity index (χ1) is 14.3. The number of fused-ring (bicyclic) bond motifs is 1. The van der Waals surface area contributed by atoms with Gasteiger partial charge >= 0.3 is 6.18 Å². The number of hydrogen-bond acceptors (Lipinski definition) is 2. The Bertz CT molecular complexity index is 1210. The van der Waals surface area contributed by atoms with Crippen LogP contribution in [0.1, 0.15) is 23.6 Å². The highest BCUT2D eigenvalue weighted by Crippen LogP contribution is 2.34. The Balaban J connectivity index is 0.00000272. The van der Waals surface area contributed by atoms with Gasteiger partial charge in [-0.15, -0.1) is 12.4 Å². The topological polar surface area (TPSA) is 37.9 Å². The standard InChI is InChI=1S/C23H18ClF3N2O.ClH/c1-2-14-7-10-19-20(11-14)29-22(28-19)15-8-9-18(24)21(12-15)30-13-16-5-3-4-6-17(16)23(25,26)27;/h3-12H,2,13H2,1H3,(H,28,29);1H. The molecule has 1 heterocycles. The second-order valence-electron chi connectivity index (χ2n) is 6.88. The number of aromatic amines is 1. The summed E-state index contributed by atoms with van der Waals surface area (Å²) < 4.78 is 45.3. The van der Waals surface area contributed by atoms with E-state index in [1.165, 1.54) is 17.7 Å². The first-order valence-electron chi connectivity index (χ1n) is 9.41. The Hall–Kier alpha value is -2.70. The molecule has 0 aliphatic rings. The lowest BCUT2D eigenvalue weighted by Crippen LogP contribution is -2.10. The third-order valence-electron chi connectivity index (χ3n) is 4.87. The van der Waals surface area contributed by atoms with Crippen molar-refractivity contribution in [3.05, 3.63) is 82.4 Å². The van der Waals surface area contributed by atoms with E-state index in [2.05, 4.69) is 16.9 Å². The number of hydrogen-bond donors (Lipinski definition) is 1. The summed E-state index contributed by atoms with van der Waals surface area (Å²) in [5.74, 6) is 0.927. The van der Waals surface area contributed by atoms with E-state index < -0.39 is 11.7 Å². The van der Waals surface area contributed by atoms with Crippen molar-refractivity contribution in [1.82, 2.24) is 9.97 Å². The molecule has 162 valence electrons. The number of rotatable bonds is 5. The summed E-state index contributed by atoms with van der Waals surface area (Å²) in [4.78, 5) is 7.87. The molecular formula is C23H19Cl2F3N2O. The highest BCUT2D eigenvalue weighted by atomic mass is 35.5. The number of benzene rings is 3. The van der Waals surface area contributed by atoms with Gasteiger partial charge in [0.1, 0.15) is 18.2 Å². The number of alkyl halides is 3. The van der Waals surface area contributed by atoms with Gasteiger partial charge in [0.25, 0.3) is 0 Å². The third-order valence-corrected chi connectivity index (χ3v) is 5.18. The van der Waals surface area contributed by atoms with E-state index in [1.54, 1.807) is 24.3 Å². The zero-order valence-corrected chi connectivity index (χ0v) is 18.0. The van der Waals surface area contributed by atoms with Gasteiger partial charge < -0.3 is 9.72 Å². The predicted molar refractivity (Wildman–Crippen MR) is 119 cm³/mol. The normalized spacial score (nSPS) is 11.4. The molecule has 0 spiro atoms. The Kier molecular flexibility index (Phi) is 6.82. The summed E-state index contributed by atoms with van der Waals surface area (Å²) in [5, 5.41) is 0.313. The van der Waals surface area contributed by atoms with Gasteiger partial charge in [-0.05, 0) is 48.4 Å². The van der Waals surface area contributed by atoms with E-state index in [9.17, 15) is 13.2 Å². The Morgan fingerprint density at radius 2 is 1.81 bits per heavy atom. The van der Waals surface area contributed by atoms with Crippen molar-refractivity contribution in [3.63, 3.8) is 0 Å². The predicted octanol–water partition coefficient (Wildman–Crippen LogP) is 7.47. The number of ether oxygens (including phenoxy) is 1. The minimum atomic E-state index is -4.45. The molecule has 4 rings (SSSR count). The van der Waals surface area contributed by atoms with Crippen LogP contribution < -0.4 is 4.74 Å². The van der Waals surface area contributed by atoms with Crippen LogP contribution in [0.3, 0.4) is 0 Å². The summed E-state index contributed by atoms with van der Waals surface area (Å²) in [6.45, 7) is 1.83. The lowest BCUT2D eigenvalue weighted by Gasteiger charge is -2.14. The molecule has 31 heavy (non-hydrogen) atoms. The van der Waals surface area contributed by atoms with Crippen LogP contribution in [0.5, 0.6) is 5.75 Å². The van der Waals surface area contributed by atoms with E-state index in [1.807, 2.05) is 18.2 Å². The molecule has 0 atom stereocenters. The van der Waals surface area contributed by atoms with E-state index >= 15 is 0 Å². The highest BCUT2D eigenvalue weighted by molar-refractivity contribution is 6.32. The summed E-state index contributed by atoms with van der Waals surface area (Å²) in [5.41, 5.74) is 3.00. The van der Waals surface area contributed by atoms with Crippen molar-refractivity contribution >= 4 is 35.0 Å². The van der Waals surface area contributed by atoms with Crippen LogP contribution in [0.25, 0.3) is 22.4 Å². The van der Waals surface area contributed by atoms with Gasteiger partial charge in [-0.1, -0.05) is 42.8 Å². The molecule has 1 N–H and O–H groups in total. The zero-order chi connectivity index (χ0) is 21.3. The first kappa shape index (κ1) is 23.0. The second-order valence-corrected chi connectivity index (χ2v) is 7.29. The fraction of sp³-hybridized carbons (Fsp3) is 0.174. The van der Waals surface area contributed by atoms with E-state index in [-0.39, 0.29) is 24.6 Å². The van der Waals surface area contributed by atoms with Gasteiger partial charge in [0.05, 0.1) is 21.6 Å². The van der Waals surface area contributed by atoms with E-state index in [0.29, 0.717) is 16.6 Å². The molecule has 0 aliphatic carbocycles. The van der Waals surface area contributed by atoms with Crippen molar-refractivity contribution in [3.8, 4) is 17.1 Å². The summed E-state index contributed by atoms with van der Waals surface area (Å²) >= 11 is 6.22. The van der Waals surface area contributed by atoms with Crippen LogP contribution in [0.15, 0.2) is 60.7 Å². The molecule has 1 aromatic heterocycles. The number of nitrogens with zero attached hydrogens (tertiary/aromatic N) is 1. The number of halogens is 5. The Morgan fingerprint density at radius 1 is 1.03 bits per heavy atom. The van der Waals surface area contributed by atoms with Crippen LogP contribution in [0.4, 0.5) is 13.2 Å². The molecule has 0 fully saturated rings. The number of nitrogens with one attached hydrogen (secondary N) is 1. The average Bonchev–Trinajstić information content (AvgIpc) is 3.16. The lowest BCUT2D eigenvalue weighted by atomic mass is 10.1. The van der Waals surface area contributed by atoms with Gasteiger partial charge in [-0.3, -0.25) is 0 Å². The highest BCUT2D eigenvalue weighted by Gasteiger charge is 2.33. The molecule has 8 heteroatoms. The van der Waals surface area contributed by atoms with E-state index in [0.717, 1.165) is 29.1 Å². The molecule has 0 bridgehead atoms. The smallest absolute Gasteiger partial charge is 0.416 e. The van der Waals surface area contributed by atoms with Gasteiger partial charge in [-0.2, -0.15) is 13.2 Å². The molecule has 4 aromatic rings. The third kappa shape index (κ3) is 4.97. The first-order valence-corrected chi connectivity index (χ1v) is 9.79. The zero-order valence-electron chi connectivity index (χ0n) is 16.5. The van der Waals surface area contributed by atoms with Crippen molar-refractivity contribution in [2.75, 3.05) is 0 Å². The van der Waals surface area contributed by atoms with Crippen LogP contribution in [-0.4, -0.2) is 9.97 Å². The Labute approximate surface area is 188 Å². The van der Waals surface area contributed by atoms with Crippen molar-refractivity contribution in [2.45, 2.75) is 26.1 Å². The SMILES string of the molecule is CCc1ccc2nc(-c3ccc(Cl)c(OCc4ccccc4C(F)(F)F)c3)[nH]c2c1.Cl. The minimum absolute atomic E-state index is 0. The quantitative estimate of drug-likeness (QED) is 0.331. The van der Waals surface area contributed by atoms with Crippen LogP contribution in [0.2, 0.25) is 5.02 Å². The monoisotopic (exact) mass is 466 g/mol. The van der Waals surface area contributed by atoms with Gasteiger partial charge in [0.2, 0.25) is 0 Å². The number of aromatic nitrogens is 2. The molecule has 0 radical (unpaired) electrons. The molecule has 0 amide bonds. The fourth-order valence-corrected chi connectivity index (χ4v) is 3.43. The summed E-state index contributed by atoms with van der Waals surface area (Å²) in [6.07, 6.45) is -3.53. The molecule has 0 saturated carbocycles. The Morgan fingerprint density at radius 3 is 2.55 bits per heavy atom. The van der Waals surface area contributed by atoms with E-state index in [4.69, 9.17) is 16.3 Å². The molecule has 0 unspecified atom stereocenters. The van der Waals surface area contributed by atoms with Crippen LogP contribution >= 0.6 is 24.0 Å². The van der Waals surface area contributed by atoms with Gasteiger partial charge in [0, 0.05) is 11.1 Å². The lowest BCUT2D eigenvalue weighted by molar-refractivity contribution is -0.138. The van der Waals surface area contributed by atoms with Crippen molar-refractivity contribution < 1.29 is 17.9 Å². The molecule has 3 aromatic carbocycles. The van der Waals surface area contributed by atoms with Gasteiger partial charge in [-0.25, -0.2) is 4.98 Å². The van der Waals surface area contributed by atoms with Crippen LogP contribution in [0, 0.1) is 0 Å². The minimum Gasteiger partial charge on any atom is -0.487 e. The maximum absolute atomic E-state index is 13.2. The fourth-order valence-electron chi connectivity index (χ4n) is 3.25. The number of aryl methyl sites for hydroxylation is 1. The van der Waals surface area contributed by atoms with Crippen molar-refractivity contribution in [2.24, 2.45) is 0 Å². The second kappa shape index (κ2) is 9.20.